The maximum absolute atomic E-state index is 4.58. The molecule has 2 rings (SSSR count). The van der Waals surface area contributed by atoms with E-state index in [1.807, 2.05) is 0 Å². The van der Waals surface area contributed by atoms with Crippen molar-refractivity contribution in [3.63, 3.8) is 0 Å². The summed E-state index contributed by atoms with van der Waals surface area (Å²) in [5.41, 5.74) is 3.49. The molecule has 0 fully saturated rings. The fraction of sp³-hybridized carbons (Fsp3) is 0.500. The summed E-state index contributed by atoms with van der Waals surface area (Å²) in [6, 6.07) is 6.33. The predicted molar refractivity (Wildman–Crippen MR) is 72.3 cm³/mol. The third kappa shape index (κ3) is 3.30. The highest BCUT2D eigenvalue weighted by atomic mass is 14.9. The number of benzene rings is 1. The lowest BCUT2D eigenvalue weighted by Crippen LogP contribution is -2.18. The monoisotopic (exact) mass is 231 g/mol. The number of imidazole rings is 1. The minimum absolute atomic E-state index is 0.970. The Morgan fingerprint density at radius 2 is 2.18 bits per heavy atom. The molecule has 1 aromatic carbocycles. The molecule has 0 saturated heterocycles. The fourth-order valence-corrected chi connectivity index (χ4v) is 1.93. The number of aryl methyl sites for hydroxylation is 1. The van der Waals surface area contributed by atoms with Gasteiger partial charge in [-0.05, 0) is 37.6 Å². The van der Waals surface area contributed by atoms with Crippen molar-refractivity contribution in [2.45, 2.75) is 33.1 Å². The molecule has 3 nitrogen and oxygen atoms in total. The Labute approximate surface area is 103 Å². The van der Waals surface area contributed by atoms with Gasteiger partial charge in [-0.2, -0.15) is 0 Å². The topological polar surface area (TPSA) is 40.7 Å². The third-order valence-electron chi connectivity index (χ3n) is 2.93. The summed E-state index contributed by atoms with van der Waals surface area (Å²) in [6.07, 6.45) is 3.47. The number of aromatic amines is 1. The number of H-pyrrole nitrogens is 1. The second-order valence-corrected chi connectivity index (χ2v) is 4.56. The average molecular weight is 231 g/mol. The molecule has 0 atom stereocenters. The van der Waals surface area contributed by atoms with E-state index in [0.717, 1.165) is 36.4 Å². The zero-order chi connectivity index (χ0) is 12.1. The van der Waals surface area contributed by atoms with Crippen LogP contribution in [-0.4, -0.2) is 23.1 Å². The summed E-state index contributed by atoms with van der Waals surface area (Å²) >= 11 is 0. The summed E-state index contributed by atoms with van der Waals surface area (Å²) in [6.45, 7) is 6.42. The zero-order valence-corrected chi connectivity index (χ0v) is 10.7. The number of unbranched alkanes of at least 4 members (excludes halogenated alkanes) is 1. The van der Waals surface area contributed by atoms with E-state index in [-0.39, 0.29) is 0 Å². The van der Waals surface area contributed by atoms with Crippen LogP contribution in [0, 0.1) is 6.92 Å². The molecule has 0 bridgehead atoms. The van der Waals surface area contributed by atoms with Crippen LogP contribution in [0.5, 0.6) is 0 Å². The summed E-state index contributed by atoms with van der Waals surface area (Å²) in [7, 11) is 0. The summed E-state index contributed by atoms with van der Waals surface area (Å²) in [4.78, 5) is 7.95. The first kappa shape index (κ1) is 12.1. The molecular formula is C14H21N3. The molecule has 17 heavy (non-hydrogen) atoms. The van der Waals surface area contributed by atoms with E-state index < -0.39 is 0 Å². The van der Waals surface area contributed by atoms with Gasteiger partial charge in [0.05, 0.1) is 11.0 Å². The van der Waals surface area contributed by atoms with Crippen LogP contribution in [0.15, 0.2) is 18.2 Å². The standard InChI is InChI=1S/C14H21N3/c1-3-4-8-15-9-7-14-16-12-6-5-11(2)10-13(12)17-14/h5-6,10,15H,3-4,7-9H2,1-2H3,(H,16,17). The molecule has 1 aromatic heterocycles. The quantitative estimate of drug-likeness (QED) is 0.751. The van der Waals surface area contributed by atoms with Gasteiger partial charge >= 0.3 is 0 Å². The van der Waals surface area contributed by atoms with Crippen LogP contribution >= 0.6 is 0 Å². The van der Waals surface area contributed by atoms with Gasteiger partial charge in [0.15, 0.2) is 0 Å². The molecule has 0 aliphatic rings. The molecule has 1 heterocycles. The van der Waals surface area contributed by atoms with Crippen LogP contribution in [0.4, 0.5) is 0 Å². The van der Waals surface area contributed by atoms with Gasteiger partial charge in [-0.3, -0.25) is 0 Å². The van der Waals surface area contributed by atoms with Gasteiger partial charge in [-0.25, -0.2) is 4.98 Å². The molecular weight excluding hydrogens is 210 g/mol. The van der Waals surface area contributed by atoms with E-state index in [2.05, 4.69) is 47.3 Å². The smallest absolute Gasteiger partial charge is 0.108 e. The van der Waals surface area contributed by atoms with Crippen LogP contribution in [0.2, 0.25) is 0 Å². The van der Waals surface area contributed by atoms with E-state index in [1.165, 1.54) is 18.4 Å². The molecule has 0 saturated carbocycles. The summed E-state index contributed by atoms with van der Waals surface area (Å²) < 4.78 is 0. The third-order valence-corrected chi connectivity index (χ3v) is 2.93. The van der Waals surface area contributed by atoms with Gasteiger partial charge < -0.3 is 10.3 Å². The highest BCUT2D eigenvalue weighted by Crippen LogP contribution is 2.13. The van der Waals surface area contributed by atoms with E-state index in [1.54, 1.807) is 0 Å². The van der Waals surface area contributed by atoms with Crippen molar-refractivity contribution >= 4 is 11.0 Å². The van der Waals surface area contributed by atoms with Crippen molar-refractivity contribution in [3.8, 4) is 0 Å². The molecule has 0 spiro atoms. The molecule has 2 N–H and O–H groups in total. The van der Waals surface area contributed by atoms with E-state index in [4.69, 9.17) is 0 Å². The predicted octanol–water partition coefficient (Wildman–Crippen LogP) is 2.80. The van der Waals surface area contributed by atoms with E-state index in [0.29, 0.717) is 0 Å². The Morgan fingerprint density at radius 1 is 1.29 bits per heavy atom. The summed E-state index contributed by atoms with van der Waals surface area (Å²) in [5, 5.41) is 3.43. The Kier molecular flexibility index (Phi) is 4.15. The second kappa shape index (κ2) is 5.82. The number of nitrogens with zero attached hydrogens (tertiary/aromatic N) is 1. The molecule has 0 unspecified atom stereocenters. The number of aromatic nitrogens is 2. The Bertz CT molecular complexity index is 473. The maximum atomic E-state index is 4.58. The Hall–Kier alpha value is -1.35. The normalized spacial score (nSPS) is 11.2. The van der Waals surface area contributed by atoms with Crippen molar-refractivity contribution in [1.82, 2.24) is 15.3 Å². The Balaban J connectivity index is 1.91. The molecule has 0 amide bonds. The second-order valence-electron chi connectivity index (χ2n) is 4.56. The molecule has 0 radical (unpaired) electrons. The lowest BCUT2D eigenvalue weighted by atomic mass is 10.2. The lowest BCUT2D eigenvalue weighted by molar-refractivity contribution is 0.633. The molecule has 0 aliphatic heterocycles. The van der Waals surface area contributed by atoms with Gasteiger partial charge in [-0.1, -0.05) is 19.4 Å². The fourth-order valence-electron chi connectivity index (χ4n) is 1.93. The SMILES string of the molecule is CCCCNCCc1nc2ccc(C)cc2[nH]1. The van der Waals surface area contributed by atoms with E-state index >= 15 is 0 Å². The van der Waals surface area contributed by atoms with Crippen molar-refractivity contribution in [3.05, 3.63) is 29.6 Å². The molecule has 92 valence electrons. The summed E-state index contributed by atoms with van der Waals surface area (Å²) in [5.74, 6) is 1.08. The van der Waals surface area contributed by atoms with Crippen molar-refractivity contribution in [1.29, 1.82) is 0 Å². The Morgan fingerprint density at radius 3 is 3.00 bits per heavy atom. The first-order valence-electron chi connectivity index (χ1n) is 6.45. The van der Waals surface area contributed by atoms with Gasteiger partial charge in [0.25, 0.3) is 0 Å². The highest BCUT2D eigenvalue weighted by molar-refractivity contribution is 5.75. The molecule has 0 aliphatic carbocycles. The average Bonchev–Trinajstić information content (AvgIpc) is 2.70. The highest BCUT2D eigenvalue weighted by Gasteiger charge is 2.02. The minimum Gasteiger partial charge on any atom is -0.342 e. The van der Waals surface area contributed by atoms with Crippen LogP contribution in [0.3, 0.4) is 0 Å². The van der Waals surface area contributed by atoms with Crippen LogP contribution in [-0.2, 0) is 6.42 Å². The van der Waals surface area contributed by atoms with Crippen LogP contribution in [0.25, 0.3) is 11.0 Å². The van der Waals surface area contributed by atoms with Crippen LogP contribution in [0.1, 0.15) is 31.2 Å². The van der Waals surface area contributed by atoms with Crippen molar-refractivity contribution in [2.75, 3.05) is 13.1 Å². The maximum Gasteiger partial charge on any atom is 0.108 e. The minimum atomic E-state index is 0.970. The van der Waals surface area contributed by atoms with Crippen molar-refractivity contribution < 1.29 is 0 Å². The number of hydrogen-bond acceptors (Lipinski definition) is 2. The van der Waals surface area contributed by atoms with Gasteiger partial charge in [0.2, 0.25) is 0 Å². The number of rotatable bonds is 6. The van der Waals surface area contributed by atoms with Crippen LogP contribution < -0.4 is 5.32 Å². The first-order valence-corrected chi connectivity index (χ1v) is 6.45. The number of nitrogens with one attached hydrogen (secondary N) is 2. The largest absolute Gasteiger partial charge is 0.342 e. The van der Waals surface area contributed by atoms with Gasteiger partial charge in [-0.15, -0.1) is 0 Å². The molecule has 2 aromatic rings. The lowest BCUT2D eigenvalue weighted by Gasteiger charge is -2.00. The van der Waals surface area contributed by atoms with Crippen molar-refractivity contribution in [2.24, 2.45) is 0 Å². The zero-order valence-electron chi connectivity index (χ0n) is 10.7. The van der Waals surface area contributed by atoms with Gasteiger partial charge in [0.1, 0.15) is 5.82 Å². The number of hydrogen-bond donors (Lipinski definition) is 2. The van der Waals surface area contributed by atoms with Gasteiger partial charge in [0, 0.05) is 13.0 Å². The molecule has 3 heteroatoms. The number of fused-ring (bicyclic) bond motifs is 1. The first-order chi connectivity index (χ1) is 8.29. The van der Waals surface area contributed by atoms with E-state index in [9.17, 15) is 0 Å².